The van der Waals surface area contributed by atoms with Crippen molar-refractivity contribution in [2.45, 2.75) is 6.18 Å². The molecule has 3 rings (SSSR count). The van der Waals surface area contributed by atoms with Crippen molar-refractivity contribution in [1.82, 2.24) is 4.90 Å². The molecule has 0 unspecified atom stereocenters. The van der Waals surface area contributed by atoms with Gasteiger partial charge in [0.2, 0.25) is 6.79 Å². The molecule has 1 aromatic carbocycles. The number of ether oxygens (including phenoxy) is 2. The first kappa shape index (κ1) is 17.5. The smallest absolute Gasteiger partial charge is 0.394 e. The van der Waals surface area contributed by atoms with Gasteiger partial charge in [0.05, 0.1) is 22.5 Å². The summed E-state index contributed by atoms with van der Waals surface area (Å²) in [6.45, 7) is -1.30. The lowest BCUT2D eigenvalue weighted by Crippen LogP contribution is -2.35. The molecule has 1 aromatic rings. The van der Waals surface area contributed by atoms with Crippen molar-refractivity contribution in [3.63, 3.8) is 0 Å². The first-order valence-corrected chi connectivity index (χ1v) is 7.49. The second-order valence-electron chi connectivity index (χ2n) is 5.61. The Morgan fingerprint density at radius 1 is 1.24 bits per heavy atom. The second kappa shape index (κ2) is 6.17. The van der Waals surface area contributed by atoms with Crippen LogP contribution in [0, 0.1) is 11.8 Å². The van der Waals surface area contributed by atoms with Crippen molar-refractivity contribution in [3.8, 4) is 11.5 Å². The summed E-state index contributed by atoms with van der Waals surface area (Å²) in [6, 6.07) is 1.91. The average Bonchev–Trinajstić information content (AvgIpc) is 3.13. The van der Waals surface area contributed by atoms with Gasteiger partial charge in [0.15, 0.2) is 11.5 Å². The molecule has 11 heteroatoms. The number of anilines is 1. The molecule has 2 amide bonds. The van der Waals surface area contributed by atoms with Gasteiger partial charge in [-0.2, -0.15) is 13.2 Å². The third-order valence-electron chi connectivity index (χ3n) is 4.05. The SMILES string of the molecule is O=C(O)[C@@H]1CN(C(=O)Nc2cc3c(cc2Cl)OCO3)C[C@H]1C(F)(F)F. The Hall–Kier alpha value is -2.36. The zero-order valence-corrected chi connectivity index (χ0v) is 13.2. The summed E-state index contributed by atoms with van der Waals surface area (Å²) in [5.74, 6) is -4.72. The minimum Gasteiger partial charge on any atom is -0.481 e. The number of nitrogens with one attached hydrogen (secondary N) is 1. The third-order valence-corrected chi connectivity index (χ3v) is 4.36. The van der Waals surface area contributed by atoms with E-state index in [9.17, 15) is 22.8 Å². The van der Waals surface area contributed by atoms with Gasteiger partial charge >= 0.3 is 18.2 Å². The fraction of sp³-hybridized carbons (Fsp3) is 0.429. The number of amides is 2. The van der Waals surface area contributed by atoms with Crippen molar-refractivity contribution in [3.05, 3.63) is 17.2 Å². The number of carbonyl (C=O) groups excluding carboxylic acids is 1. The van der Waals surface area contributed by atoms with Crippen LogP contribution in [0.5, 0.6) is 11.5 Å². The summed E-state index contributed by atoms with van der Waals surface area (Å²) < 4.78 is 49.2. The molecule has 2 aliphatic rings. The molecule has 25 heavy (non-hydrogen) atoms. The van der Waals surface area contributed by atoms with Gasteiger partial charge in [0.25, 0.3) is 0 Å². The molecule has 2 heterocycles. The lowest BCUT2D eigenvalue weighted by atomic mass is 9.96. The number of aliphatic carboxylic acids is 1. The zero-order chi connectivity index (χ0) is 18.4. The lowest BCUT2D eigenvalue weighted by molar-refractivity contribution is -0.187. The van der Waals surface area contributed by atoms with Crippen molar-refractivity contribution in [2.75, 3.05) is 25.2 Å². The van der Waals surface area contributed by atoms with Crippen LogP contribution in [0.15, 0.2) is 12.1 Å². The van der Waals surface area contributed by atoms with E-state index in [2.05, 4.69) is 5.32 Å². The van der Waals surface area contributed by atoms with Crippen LogP contribution in [0.25, 0.3) is 0 Å². The average molecular weight is 381 g/mol. The highest BCUT2D eigenvalue weighted by atomic mass is 35.5. The lowest BCUT2D eigenvalue weighted by Gasteiger charge is -2.19. The van der Waals surface area contributed by atoms with Crippen LogP contribution < -0.4 is 14.8 Å². The van der Waals surface area contributed by atoms with Gasteiger partial charge in [0.1, 0.15) is 0 Å². The Kier molecular flexibility index (Phi) is 4.31. The van der Waals surface area contributed by atoms with E-state index < -0.39 is 43.1 Å². The van der Waals surface area contributed by atoms with Gasteiger partial charge in [-0.15, -0.1) is 0 Å². The number of rotatable bonds is 2. The molecule has 2 atom stereocenters. The number of urea groups is 1. The molecule has 0 bridgehead atoms. The van der Waals surface area contributed by atoms with Crippen molar-refractivity contribution < 1.29 is 37.3 Å². The first-order valence-electron chi connectivity index (χ1n) is 7.11. The van der Waals surface area contributed by atoms with Crippen molar-refractivity contribution in [2.24, 2.45) is 11.8 Å². The summed E-state index contributed by atoms with van der Waals surface area (Å²) in [5.41, 5.74) is 0.123. The largest absolute Gasteiger partial charge is 0.481 e. The maximum absolute atomic E-state index is 13.0. The van der Waals surface area contributed by atoms with Crippen LogP contribution in [-0.4, -0.2) is 48.1 Å². The van der Waals surface area contributed by atoms with Crippen LogP contribution in [-0.2, 0) is 4.79 Å². The first-order chi connectivity index (χ1) is 11.7. The molecule has 0 saturated carbocycles. The Morgan fingerprint density at radius 3 is 2.44 bits per heavy atom. The van der Waals surface area contributed by atoms with E-state index in [0.717, 1.165) is 4.90 Å². The molecule has 1 saturated heterocycles. The number of nitrogens with zero attached hydrogens (tertiary/aromatic N) is 1. The monoisotopic (exact) mass is 380 g/mol. The van der Waals surface area contributed by atoms with Gasteiger partial charge in [-0.05, 0) is 0 Å². The predicted octanol–water partition coefficient (Wildman–Crippen LogP) is 2.80. The number of halogens is 4. The Morgan fingerprint density at radius 2 is 1.88 bits per heavy atom. The van der Waals surface area contributed by atoms with Crippen LogP contribution in [0.4, 0.5) is 23.7 Å². The molecular formula is C14H12ClF3N2O5. The summed E-state index contributed by atoms with van der Waals surface area (Å²) in [7, 11) is 0. The highest BCUT2D eigenvalue weighted by Gasteiger charge is 2.53. The van der Waals surface area contributed by atoms with E-state index in [1.54, 1.807) is 0 Å². The molecule has 0 aliphatic carbocycles. The number of alkyl halides is 3. The van der Waals surface area contributed by atoms with Gasteiger partial charge in [-0.25, -0.2) is 4.79 Å². The van der Waals surface area contributed by atoms with E-state index in [1.165, 1.54) is 12.1 Å². The summed E-state index contributed by atoms with van der Waals surface area (Å²) in [6.07, 6.45) is -4.71. The summed E-state index contributed by atoms with van der Waals surface area (Å²) in [5, 5.41) is 11.5. The predicted molar refractivity (Wildman–Crippen MR) is 78.8 cm³/mol. The van der Waals surface area contributed by atoms with Gasteiger partial charge in [-0.3, -0.25) is 4.79 Å². The molecule has 2 aliphatic heterocycles. The number of benzene rings is 1. The Labute approximate surface area is 144 Å². The van der Waals surface area contributed by atoms with E-state index >= 15 is 0 Å². The topological polar surface area (TPSA) is 88.1 Å². The van der Waals surface area contributed by atoms with E-state index in [0.29, 0.717) is 11.5 Å². The van der Waals surface area contributed by atoms with Crippen LogP contribution in [0.1, 0.15) is 0 Å². The number of fused-ring (bicyclic) bond motifs is 1. The number of carboxylic acids is 1. The fourth-order valence-electron chi connectivity index (χ4n) is 2.76. The standard InChI is InChI=1S/C14H12ClF3N2O5/c15-8-1-10-11(25-5-24-10)2-9(8)19-13(23)20-3-6(12(21)22)7(4-20)14(16,17)18/h1-2,6-7H,3-5H2,(H,19,23)(H,21,22)/t6-,7-/m1/s1. The zero-order valence-electron chi connectivity index (χ0n) is 12.5. The number of hydrogen-bond donors (Lipinski definition) is 2. The molecule has 0 aromatic heterocycles. The quantitative estimate of drug-likeness (QED) is 0.823. The highest BCUT2D eigenvalue weighted by molar-refractivity contribution is 6.34. The van der Waals surface area contributed by atoms with Crippen molar-refractivity contribution >= 4 is 29.3 Å². The fourth-order valence-corrected chi connectivity index (χ4v) is 2.96. The molecule has 2 N–H and O–H groups in total. The molecule has 0 radical (unpaired) electrons. The molecule has 136 valence electrons. The van der Waals surface area contributed by atoms with Gasteiger partial charge in [-0.1, -0.05) is 11.6 Å². The number of carbonyl (C=O) groups is 2. The number of hydrogen-bond acceptors (Lipinski definition) is 4. The van der Waals surface area contributed by atoms with E-state index in [4.69, 9.17) is 26.2 Å². The molecule has 7 nitrogen and oxygen atoms in total. The Bertz CT molecular complexity index is 727. The summed E-state index contributed by atoms with van der Waals surface area (Å²) in [4.78, 5) is 24.1. The molecule has 1 fully saturated rings. The second-order valence-corrected chi connectivity index (χ2v) is 6.02. The minimum absolute atomic E-state index is 0.0112. The van der Waals surface area contributed by atoms with Gasteiger partial charge < -0.3 is 24.8 Å². The molecule has 0 spiro atoms. The Balaban J connectivity index is 1.75. The number of likely N-dealkylation sites (tertiary alicyclic amines) is 1. The van der Waals surface area contributed by atoms with E-state index in [-0.39, 0.29) is 17.5 Å². The number of carboxylic acid groups (broad SMARTS) is 1. The van der Waals surface area contributed by atoms with Crippen LogP contribution >= 0.6 is 11.6 Å². The third kappa shape index (κ3) is 3.39. The minimum atomic E-state index is -4.71. The normalized spacial score (nSPS) is 22.2. The van der Waals surface area contributed by atoms with Crippen molar-refractivity contribution in [1.29, 1.82) is 0 Å². The highest BCUT2D eigenvalue weighted by Crippen LogP contribution is 2.40. The van der Waals surface area contributed by atoms with E-state index in [1.807, 2.05) is 0 Å². The summed E-state index contributed by atoms with van der Waals surface area (Å²) >= 11 is 6.00. The maximum Gasteiger partial charge on any atom is 0.394 e. The van der Waals surface area contributed by atoms with Crippen LogP contribution in [0.3, 0.4) is 0 Å². The van der Waals surface area contributed by atoms with Crippen LogP contribution in [0.2, 0.25) is 5.02 Å². The maximum atomic E-state index is 13.0. The molecular weight excluding hydrogens is 369 g/mol. The van der Waals surface area contributed by atoms with Gasteiger partial charge in [0, 0.05) is 25.2 Å².